The van der Waals surface area contributed by atoms with Gasteiger partial charge in [0.25, 0.3) is 5.91 Å². The van der Waals surface area contributed by atoms with Gasteiger partial charge in [0.05, 0.1) is 0 Å². The molecule has 0 bridgehead atoms. The van der Waals surface area contributed by atoms with Gasteiger partial charge in [-0.05, 0) is 50.7 Å². The van der Waals surface area contributed by atoms with Crippen LogP contribution in [0.4, 0.5) is 0 Å². The van der Waals surface area contributed by atoms with Crippen molar-refractivity contribution in [2.24, 2.45) is 0 Å². The number of benzene rings is 1. The van der Waals surface area contributed by atoms with Gasteiger partial charge in [-0.3, -0.25) is 4.79 Å². The molecule has 0 saturated carbocycles. The highest BCUT2D eigenvalue weighted by atomic mass is 16.2. The lowest BCUT2D eigenvalue weighted by atomic mass is 9.94. The predicted molar refractivity (Wildman–Crippen MR) is 93.7 cm³/mol. The third kappa shape index (κ3) is 3.97. The summed E-state index contributed by atoms with van der Waals surface area (Å²) in [7, 11) is 4.08. The molecule has 1 saturated heterocycles. The van der Waals surface area contributed by atoms with Gasteiger partial charge in [-0.2, -0.15) is 0 Å². The third-order valence-electron chi connectivity index (χ3n) is 4.43. The van der Waals surface area contributed by atoms with E-state index in [0.717, 1.165) is 43.7 Å². The van der Waals surface area contributed by atoms with E-state index in [0.29, 0.717) is 5.92 Å². The Morgan fingerprint density at radius 3 is 2.71 bits per heavy atom. The van der Waals surface area contributed by atoms with Crippen molar-refractivity contribution in [3.8, 4) is 0 Å². The van der Waals surface area contributed by atoms with E-state index in [-0.39, 0.29) is 5.91 Å². The molecule has 1 atom stereocenters. The van der Waals surface area contributed by atoms with E-state index in [4.69, 9.17) is 0 Å². The Balaban J connectivity index is 1.68. The number of nitrogens with zero attached hydrogens (tertiary/aromatic N) is 4. The Morgan fingerprint density at radius 2 is 2.04 bits per heavy atom. The molecule has 0 aliphatic carbocycles. The van der Waals surface area contributed by atoms with Crippen LogP contribution in [0.2, 0.25) is 0 Å². The lowest BCUT2D eigenvalue weighted by molar-refractivity contribution is 0.0706. The second kappa shape index (κ2) is 7.53. The zero-order valence-electron chi connectivity index (χ0n) is 14.4. The van der Waals surface area contributed by atoms with Crippen LogP contribution in [-0.4, -0.2) is 52.9 Å². The van der Waals surface area contributed by atoms with Crippen molar-refractivity contribution in [3.05, 3.63) is 59.7 Å². The van der Waals surface area contributed by atoms with Crippen LogP contribution in [0.1, 0.15) is 40.4 Å². The molecule has 2 aromatic rings. The van der Waals surface area contributed by atoms with Gasteiger partial charge in [0, 0.05) is 43.0 Å². The quantitative estimate of drug-likeness (QED) is 0.867. The molecule has 0 unspecified atom stereocenters. The van der Waals surface area contributed by atoms with Crippen molar-refractivity contribution in [3.63, 3.8) is 0 Å². The number of aromatic nitrogens is 2. The highest BCUT2D eigenvalue weighted by molar-refractivity contribution is 5.94. The molecular formula is C19H24N4O. The summed E-state index contributed by atoms with van der Waals surface area (Å²) in [5, 5.41) is 0. The molecule has 5 heteroatoms. The Kier molecular flexibility index (Phi) is 5.20. The number of carbonyl (C=O) groups excluding carboxylic acids is 1. The van der Waals surface area contributed by atoms with Gasteiger partial charge < -0.3 is 9.80 Å². The van der Waals surface area contributed by atoms with E-state index in [2.05, 4.69) is 14.9 Å². The Labute approximate surface area is 143 Å². The lowest BCUT2D eigenvalue weighted by Crippen LogP contribution is -2.39. The average molecular weight is 324 g/mol. The molecule has 1 fully saturated rings. The van der Waals surface area contributed by atoms with E-state index >= 15 is 0 Å². The highest BCUT2D eigenvalue weighted by Gasteiger charge is 2.26. The monoisotopic (exact) mass is 324 g/mol. The first-order valence-corrected chi connectivity index (χ1v) is 8.42. The van der Waals surface area contributed by atoms with Gasteiger partial charge in [-0.15, -0.1) is 0 Å². The zero-order valence-corrected chi connectivity index (χ0v) is 14.4. The van der Waals surface area contributed by atoms with Crippen LogP contribution >= 0.6 is 0 Å². The second-order valence-electron chi connectivity index (χ2n) is 6.66. The second-order valence-corrected chi connectivity index (χ2v) is 6.66. The highest BCUT2D eigenvalue weighted by Crippen LogP contribution is 2.26. The Hall–Kier alpha value is -2.27. The zero-order chi connectivity index (χ0) is 16.9. The molecule has 1 aromatic carbocycles. The number of likely N-dealkylation sites (tertiary alicyclic amines) is 1. The van der Waals surface area contributed by atoms with Gasteiger partial charge in [0.15, 0.2) is 0 Å². The van der Waals surface area contributed by atoms with Crippen LogP contribution in [0.25, 0.3) is 0 Å². The van der Waals surface area contributed by atoms with Gasteiger partial charge in [-0.25, -0.2) is 9.97 Å². The van der Waals surface area contributed by atoms with Gasteiger partial charge in [-0.1, -0.05) is 12.1 Å². The first-order valence-electron chi connectivity index (χ1n) is 8.42. The van der Waals surface area contributed by atoms with Crippen LogP contribution in [0.3, 0.4) is 0 Å². The minimum absolute atomic E-state index is 0.116. The first-order chi connectivity index (χ1) is 11.6. The van der Waals surface area contributed by atoms with Gasteiger partial charge >= 0.3 is 0 Å². The smallest absolute Gasteiger partial charge is 0.253 e. The summed E-state index contributed by atoms with van der Waals surface area (Å²) in [6.07, 6.45) is 5.44. The summed E-state index contributed by atoms with van der Waals surface area (Å²) < 4.78 is 0. The summed E-state index contributed by atoms with van der Waals surface area (Å²) in [5.41, 5.74) is 3.01. The summed E-state index contributed by atoms with van der Waals surface area (Å²) in [6.45, 7) is 2.43. The topological polar surface area (TPSA) is 49.3 Å². The molecule has 0 spiro atoms. The van der Waals surface area contributed by atoms with Crippen molar-refractivity contribution in [1.29, 1.82) is 0 Å². The van der Waals surface area contributed by atoms with E-state index < -0.39 is 0 Å². The Bertz CT molecular complexity index is 670. The fourth-order valence-corrected chi connectivity index (χ4v) is 3.25. The van der Waals surface area contributed by atoms with Crippen molar-refractivity contribution in [2.75, 3.05) is 27.2 Å². The molecule has 126 valence electrons. The largest absolute Gasteiger partial charge is 0.338 e. The molecule has 2 heterocycles. The van der Waals surface area contributed by atoms with E-state index in [1.54, 1.807) is 12.5 Å². The predicted octanol–water partition coefficient (Wildman–Crippen LogP) is 2.56. The van der Waals surface area contributed by atoms with Crippen molar-refractivity contribution in [2.45, 2.75) is 25.3 Å². The number of piperidine rings is 1. The molecule has 0 radical (unpaired) electrons. The molecular weight excluding hydrogens is 300 g/mol. The summed E-state index contributed by atoms with van der Waals surface area (Å²) in [6, 6.07) is 9.91. The van der Waals surface area contributed by atoms with E-state index in [1.165, 1.54) is 5.56 Å². The minimum Gasteiger partial charge on any atom is -0.338 e. The van der Waals surface area contributed by atoms with Gasteiger partial charge in [0.1, 0.15) is 6.33 Å². The summed E-state index contributed by atoms with van der Waals surface area (Å²) >= 11 is 0. The van der Waals surface area contributed by atoms with Crippen LogP contribution in [0.5, 0.6) is 0 Å². The van der Waals surface area contributed by atoms with Crippen LogP contribution < -0.4 is 0 Å². The average Bonchev–Trinajstić information content (AvgIpc) is 2.62. The number of rotatable bonds is 4. The van der Waals surface area contributed by atoms with E-state index in [1.807, 2.05) is 49.3 Å². The SMILES string of the molecule is CN(C)Cc1ccc(C(=O)N2CCC[C@H](c3ccncn3)C2)cc1. The molecule has 1 aliphatic rings. The maximum atomic E-state index is 12.8. The van der Waals surface area contributed by atoms with Crippen molar-refractivity contribution in [1.82, 2.24) is 19.8 Å². The maximum absolute atomic E-state index is 12.8. The Morgan fingerprint density at radius 1 is 1.25 bits per heavy atom. The molecule has 1 aliphatic heterocycles. The molecule has 24 heavy (non-hydrogen) atoms. The van der Waals surface area contributed by atoms with Crippen LogP contribution in [-0.2, 0) is 6.54 Å². The minimum atomic E-state index is 0.116. The number of hydrogen-bond donors (Lipinski definition) is 0. The molecule has 0 N–H and O–H groups in total. The standard InChI is InChI=1S/C19H24N4O/c1-22(2)12-15-5-7-16(8-6-15)19(24)23-11-3-4-17(13-23)18-9-10-20-14-21-18/h5-10,14,17H,3-4,11-13H2,1-2H3/t17-/m0/s1. The first kappa shape index (κ1) is 16.6. The lowest BCUT2D eigenvalue weighted by Gasteiger charge is -2.32. The summed E-state index contributed by atoms with van der Waals surface area (Å²) in [4.78, 5) is 25.2. The normalized spacial score (nSPS) is 18.0. The molecule has 5 nitrogen and oxygen atoms in total. The van der Waals surface area contributed by atoms with Crippen LogP contribution in [0, 0.1) is 0 Å². The fraction of sp³-hybridized carbons (Fsp3) is 0.421. The molecule has 1 amide bonds. The van der Waals surface area contributed by atoms with Gasteiger partial charge in [0.2, 0.25) is 0 Å². The molecule has 1 aromatic heterocycles. The third-order valence-corrected chi connectivity index (χ3v) is 4.43. The molecule has 3 rings (SSSR count). The van der Waals surface area contributed by atoms with Crippen molar-refractivity contribution < 1.29 is 4.79 Å². The number of hydrogen-bond acceptors (Lipinski definition) is 4. The number of carbonyl (C=O) groups is 1. The maximum Gasteiger partial charge on any atom is 0.253 e. The fourth-order valence-electron chi connectivity index (χ4n) is 3.25. The summed E-state index contributed by atoms with van der Waals surface area (Å²) in [5.74, 6) is 0.420. The van der Waals surface area contributed by atoms with Crippen LogP contribution in [0.15, 0.2) is 42.9 Å². The number of amides is 1. The van der Waals surface area contributed by atoms with E-state index in [9.17, 15) is 4.79 Å². The van der Waals surface area contributed by atoms with Crippen molar-refractivity contribution >= 4 is 5.91 Å².